The lowest BCUT2D eigenvalue weighted by atomic mass is 10.1. The summed E-state index contributed by atoms with van der Waals surface area (Å²) in [6.45, 7) is 6.64. The average Bonchev–Trinajstić information content (AvgIpc) is 2.60. The molecule has 27 heavy (non-hydrogen) atoms. The maximum absolute atomic E-state index is 12.2. The smallest absolute Gasteiger partial charge is 0.410 e. The minimum absolute atomic E-state index is 0.00355. The lowest BCUT2D eigenvalue weighted by Crippen LogP contribution is -2.48. The molecule has 1 fully saturated rings. The number of likely N-dealkylation sites (tertiary alicyclic amines) is 1. The fourth-order valence-corrected chi connectivity index (χ4v) is 2.80. The van der Waals surface area contributed by atoms with Gasteiger partial charge in [-0.05, 0) is 45.7 Å². The van der Waals surface area contributed by atoms with E-state index in [-0.39, 0.29) is 18.2 Å². The molecule has 1 heterocycles. The van der Waals surface area contributed by atoms with E-state index in [1.807, 2.05) is 20.8 Å². The lowest BCUT2D eigenvalue weighted by Gasteiger charge is -2.33. The Bertz CT molecular complexity index is 664. The maximum Gasteiger partial charge on any atom is 0.410 e. The molecule has 0 unspecified atom stereocenters. The SMILES string of the molecule is COc1ccc(NC(=O)NC2CCN(C(=O)OC(C)(C)C)CC2)cc1OC. The second-order valence-corrected chi connectivity index (χ2v) is 7.41. The molecule has 1 aromatic rings. The number of hydrogen-bond donors (Lipinski definition) is 2. The fraction of sp³-hybridized carbons (Fsp3) is 0.579. The molecule has 2 N–H and O–H groups in total. The molecule has 0 atom stereocenters. The Morgan fingerprint density at radius 3 is 2.26 bits per heavy atom. The molecule has 1 aliphatic rings. The number of carbonyl (C=O) groups excluding carboxylic acids is 2. The number of nitrogens with one attached hydrogen (secondary N) is 2. The van der Waals surface area contributed by atoms with Crippen molar-refractivity contribution in [1.82, 2.24) is 10.2 Å². The van der Waals surface area contributed by atoms with Crippen molar-refractivity contribution < 1.29 is 23.8 Å². The predicted octanol–water partition coefficient (Wildman–Crippen LogP) is 3.22. The summed E-state index contributed by atoms with van der Waals surface area (Å²) in [6.07, 6.45) is 1.05. The number of piperidine rings is 1. The number of hydrogen-bond acceptors (Lipinski definition) is 5. The standard InChI is InChI=1S/C19H29N3O5/c1-19(2,3)27-18(24)22-10-8-13(9-11-22)20-17(23)21-14-6-7-15(25-4)16(12-14)26-5/h6-7,12-13H,8-11H2,1-5H3,(H2,20,21,23). The van der Waals surface area contributed by atoms with Crippen LogP contribution in [0.2, 0.25) is 0 Å². The normalized spacial score (nSPS) is 15.1. The summed E-state index contributed by atoms with van der Waals surface area (Å²) in [5, 5.41) is 5.73. The summed E-state index contributed by atoms with van der Waals surface area (Å²) in [5.74, 6) is 1.14. The number of amides is 3. The number of anilines is 1. The van der Waals surface area contributed by atoms with Gasteiger partial charge in [-0.3, -0.25) is 0 Å². The van der Waals surface area contributed by atoms with E-state index in [1.165, 1.54) is 0 Å². The molecule has 1 aliphatic heterocycles. The zero-order valence-corrected chi connectivity index (χ0v) is 16.6. The first-order valence-electron chi connectivity index (χ1n) is 8.99. The van der Waals surface area contributed by atoms with Crippen LogP contribution in [0, 0.1) is 0 Å². The highest BCUT2D eigenvalue weighted by molar-refractivity contribution is 5.89. The van der Waals surface area contributed by atoms with Gasteiger partial charge >= 0.3 is 12.1 Å². The van der Waals surface area contributed by atoms with Crippen LogP contribution in [-0.2, 0) is 4.74 Å². The highest BCUT2D eigenvalue weighted by Gasteiger charge is 2.27. The molecule has 0 spiro atoms. The van der Waals surface area contributed by atoms with Crippen LogP contribution in [0.4, 0.5) is 15.3 Å². The average molecular weight is 379 g/mol. The summed E-state index contributed by atoms with van der Waals surface area (Å²) in [5.41, 5.74) is 0.0993. The van der Waals surface area contributed by atoms with Gasteiger partial charge in [0.05, 0.1) is 14.2 Å². The molecule has 0 bridgehead atoms. The zero-order valence-electron chi connectivity index (χ0n) is 16.6. The van der Waals surface area contributed by atoms with Crippen molar-refractivity contribution in [2.45, 2.75) is 45.3 Å². The van der Waals surface area contributed by atoms with E-state index in [0.717, 1.165) is 0 Å². The summed E-state index contributed by atoms with van der Waals surface area (Å²) in [4.78, 5) is 26.0. The summed E-state index contributed by atoms with van der Waals surface area (Å²) >= 11 is 0. The van der Waals surface area contributed by atoms with E-state index in [0.29, 0.717) is 43.1 Å². The van der Waals surface area contributed by atoms with Crippen molar-refractivity contribution in [3.63, 3.8) is 0 Å². The number of ether oxygens (including phenoxy) is 3. The molecular formula is C19H29N3O5. The largest absolute Gasteiger partial charge is 0.493 e. The summed E-state index contributed by atoms with van der Waals surface area (Å²) in [6, 6.07) is 4.88. The van der Waals surface area contributed by atoms with E-state index in [1.54, 1.807) is 37.3 Å². The van der Waals surface area contributed by atoms with Crippen LogP contribution in [-0.4, -0.2) is 56.0 Å². The van der Waals surface area contributed by atoms with E-state index >= 15 is 0 Å². The molecule has 0 aliphatic carbocycles. The van der Waals surface area contributed by atoms with E-state index in [2.05, 4.69) is 10.6 Å². The number of rotatable bonds is 4. The third kappa shape index (κ3) is 6.23. The maximum atomic E-state index is 12.2. The Kier molecular flexibility index (Phi) is 6.76. The van der Waals surface area contributed by atoms with Crippen LogP contribution in [0.1, 0.15) is 33.6 Å². The van der Waals surface area contributed by atoms with Gasteiger partial charge in [-0.25, -0.2) is 9.59 Å². The third-order valence-electron chi connectivity index (χ3n) is 4.12. The molecule has 0 saturated carbocycles. The van der Waals surface area contributed by atoms with Gasteiger partial charge in [0.25, 0.3) is 0 Å². The third-order valence-corrected chi connectivity index (χ3v) is 4.12. The molecule has 2 rings (SSSR count). The number of urea groups is 1. The molecule has 8 heteroatoms. The summed E-state index contributed by atoms with van der Waals surface area (Å²) < 4.78 is 15.8. The van der Waals surface area contributed by atoms with Gasteiger partial charge in [0.2, 0.25) is 0 Å². The van der Waals surface area contributed by atoms with Crippen molar-refractivity contribution >= 4 is 17.8 Å². The Morgan fingerprint density at radius 2 is 1.70 bits per heavy atom. The quantitative estimate of drug-likeness (QED) is 0.838. The minimum atomic E-state index is -0.508. The predicted molar refractivity (Wildman–Crippen MR) is 103 cm³/mol. The first-order chi connectivity index (χ1) is 12.7. The number of methoxy groups -OCH3 is 2. The number of benzene rings is 1. The Hall–Kier alpha value is -2.64. The van der Waals surface area contributed by atoms with E-state index in [9.17, 15) is 9.59 Å². The van der Waals surface area contributed by atoms with Gasteiger partial charge in [-0.2, -0.15) is 0 Å². The minimum Gasteiger partial charge on any atom is -0.493 e. The van der Waals surface area contributed by atoms with Crippen LogP contribution in [0.15, 0.2) is 18.2 Å². The monoisotopic (exact) mass is 379 g/mol. The second-order valence-electron chi connectivity index (χ2n) is 7.41. The Morgan fingerprint density at radius 1 is 1.07 bits per heavy atom. The van der Waals surface area contributed by atoms with Crippen molar-refractivity contribution in [3.8, 4) is 11.5 Å². The molecule has 3 amide bonds. The van der Waals surface area contributed by atoms with Gasteiger partial charge in [-0.15, -0.1) is 0 Å². The van der Waals surface area contributed by atoms with Crippen molar-refractivity contribution in [2.75, 3.05) is 32.6 Å². The van der Waals surface area contributed by atoms with Gasteiger partial charge in [0.15, 0.2) is 11.5 Å². The summed E-state index contributed by atoms with van der Waals surface area (Å²) in [7, 11) is 3.10. The van der Waals surface area contributed by atoms with Crippen molar-refractivity contribution in [2.24, 2.45) is 0 Å². The van der Waals surface area contributed by atoms with E-state index < -0.39 is 5.60 Å². The molecule has 150 valence electrons. The molecule has 8 nitrogen and oxygen atoms in total. The van der Waals surface area contributed by atoms with Crippen LogP contribution in [0.5, 0.6) is 11.5 Å². The zero-order chi connectivity index (χ0) is 20.0. The van der Waals surface area contributed by atoms with Crippen LogP contribution < -0.4 is 20.1 Å². The van der Waals surface area contributed by atoms with Crippen LogP contribution in [0.3, 0.4) is 0 Å². The topological polar surface area (TPSA) is 89.1 Å². The molecule has 1 saturated heterocycles. The Labute approximate surface area is 160 Å². The fourth-order valence-electron chi connectivity index (χ4n) is 2.80. The molecule has 0 aromatic heterocycles. The molecule has 1 aromatic carbocycles. The van der Waals surface area contributed by atoms with Gasteiger partial charge in [0, 0.05) is 30.9 Å². The lowest BCUT2D eigenvalue weighted by molar-refractivity contribution is 0.0202. The van der Waals surface area contributed by atoms with Gasteiger partial charge < -0.3 is 29.7 Å². The van der Waals surface area contributed by atoms with E-state index in [4.69, 9.17) is 14.2 Å². The molecule has 0 radical (unpaired) electrons. The Balaban J connectivity index is 1.82. The first kappa shape index (κ1) is 20.7. The highest BCUT2D eigenvalue weighted by Crippen LogP contribution is 2.29. The first-order valence-corrected chi connectivity index (χ1v) is 8.99. The number of nitrogens with zero attached hydrogens (tertiary/aromatic N) is 1. The second kappa shape index (κ2) is 8.83. The van der Waals surface area contributed by atoms with Crippen molar-refractivity contribution in [1.29, 1.82) is 0 Å². The van der Waals surface area contributed by atoms with Crippen LogP contribution in [0.25, 0.3) is 0 Å². The van der Waals surface area contributed by atoms with Gasteiger partial charge in [0.1, 0.15) is 5.60 Å². The highest BCUT2D eigenvalue weighted by atomic mass is 16.6. The van der Waals surface area contributed by atoms with Crippen molar-refractivity contribution in [3.05, 3.63) is 18.2 Å². The number of carbonyl (C=O) groups is 2. The van der Waals surface area contributed by atoms with Crippen LogP contribution >= 0.6 is 0 Å². The molecular weight excluding hydrogens is 350 g/mol. The van der Waals surface area contributed by atoms with Gasteiger partial charge in [-0.1, -0.05) is 0 Å².